The van der Waals surface area contributed by atoms with Crippen LogP contribution in [0, 0.1) is 11.3 Å². The zero-order chi connectivity index (χ0) is 16.0. The van der Waals surface area contributed by atoms with Crippen molar-refractivity contribution < 1.29 is 4.79 Å². The first-order chi connectivity index (χ1) is 10.6. The largest absolute Gasteiger partial charge is 0.325 e. The van der Waals surface area contributed by atoms with Gasteiger partial charge in [-0.15, -0.1) is 0 Å². The molecule has 1 aliphatic carbocycles. The van der Waals surface area contributed by atoms with Crippen molar-refractivity contribution in [1.29, 1.82) is 0 Å². The molecule has 0 spiro atoms. The van der Waals surface area contributed by atoms with Crippen molar-refractivity contribution in [2.24, 2.45) is 11.3 Å². The number of para-hydroxylation sites is 1. The Hall–Kier alpha value is -1.22. The van der Waals surface area contributed by atoms with Crippen molar-refractivity contribution in [1.82, 2.24) is 0 Å². The molecule has 0 unspecified atom stereocenters. The number of amides is 1. The molecule has 120 valence electrons. The summed E-state index contributed by atoms with van der Waals surface area (Å²) in [7, 11) is 0. The van der Waals surface area contributed by atoms with Crippen LogP contribution in [0.5, 0.6) is 0 Å². The van der Waals surface area contributed by atoms with E-state index in [9.17, 15) is 4.79 Å². The zero-order valence-electron chi connectivity index (χ0n) is 13.7. The molecule has 22 heavy (non-hydrogen) atoms. The van der Waals surface area contributed by atoms with Crippen LogP contribution in [0.15, 0.2) is 24.3 Å². The number of anilines is 1. The highest BCUT2D eigenvalue weighted by molar-refractivity contribution is 7.79. The van der Waals surface area contributed by atoms with E-state index < -0.39 is 0 Å². The Balaban J connectivity index is 2.16. The van der Waals surface area contributed by atoms with Gasteiger partial charge < -0.3 is 5.32 Å². The first-order valence-electron chi connectivity index (χ1n) is 8.43. The van der Waals surface area contributed by atoms with Gasteiger partial charge in [-0.25, -0.2) is 0 Å². The van der Waals surface area contributed by atoms with Gasteiger partial charge in [0.2, 0.25) is 5.91 Å². The highest BCUT2D eigenvalue weighted by Gasteiger charge is 2.39. The SMILES string of the molecule is CC(C)CCC1(C(=O)Nc2ccccc2C=S)CCCCC1. The molecule has 1 N–H and O–H groups in total. The standard InChI is InChI=1S/C19H27NOS/c1-15(2)10-13-19(11-6-3-7-12-19)18(21)20-17-9-5-4-8-16(17)14-22/h4-5,8-9,14-15H,3,6-7,10-13H2,1-2H3,(H,20,21). The van der Waals surface area contributed by atoms with Crippen LogP contribution >= 0.6 is 12.2 Å². The lowest BCUT2D eigenvalue weighted by Gasteiger charge is -2.36. The van der Waals surface area contributed by atoms with Gasteiger partial charge in [0.1, 0.15) is 0 Å². The Morgan fingerprint density at radius 2 is 1.95 bits per heavy atom. The molecule has 0 saturated heterocycles. The molecule has 0 atom stereocenters. The molecule has 1 amide bonds. The van der Waals surface area contributed by atoms with Crippen molar-refractivity contribution in [2.75, 3.05) is 5.32 Å². The summed E-state index contributed by atoms with van der Waals surface area (Å²) in [6.07, 6.45) is 7.74. The van der Waals surface area contributed by atoms with Crippen molar-refractivity contribution >= 4 is 29.2 Å². The van der Waals surface area contributed by atoms with Gasteiger partial charge in [0.15, 0.2) is 0 Å². The number of hydrogen-bond acceptors (Lipinski definition) is 2. The molecule has 1 aromatic carbocycles. The molecule has 0 heterocycles. The Morgan fingerprint density at radius 1 is 1.27 bits per heavy atom. The fraction of sp³-hybridized carbons (Fsp3) is 0.579. The molecule has 1 aliphatic rings. The summed E-state index contributed by atoms with van der Waals surface area (Å²) < 4.78 is 0. The van der Waals surface area contributed by atoms with E-state index in [1.807, 2.05) is 24.3 Å². The lowest BCUT2D eigenvalue weighted by Crippen LogP contribution is -2.38. The van der Waals surface area contributed by atoms with Crippen LogP contribution in [0.3, 0.4) is 0 Å². The molecular weight excluding hydrogens is 290 g/mol. The van der Waals surface area contributed by atoms with E-state index in [4.69, 9.17) is 12.2 Å². The van der Waals surface area contributed by atoms with Crippen LogP contribution in [-0.4, -0.2) is 11.3 Å². The van der Waals surface area contributed by atoms with Crippen LogP contribution in [0.25, 0.3) is 0 Å². The van der Waals surface area contributed by atoms with E-state index in [0.717, 1.165) is 36.9 Å². The van der Waals surface area contributed by atoms with Crippen molar-refractivity contribution in [2.45, 2.75) is 58.8 Å². The molecule has 2 nitrogen and oxygen atoms in total. The maximum Gasteiger partial charge on any atom is 0.230 e. The molecule has 3 heteroatoms. The third-order valence-corrected chi connectivity index (χ3v) is 5.08. The van der Waals surface area contributed by atoms with E-state index in [-0.39, 0.29) is 11.3 Å². The minimum absolute atomic E-state index is 0.183. The van der Waals surface area contributed by atoms with E-state index in [1.54, 1.807) is 5.37 Å². The van der Waals surface area contributed by atoms with Gasteiger partial charge >= 0.3 is 0 Å². The summed E-state index contributed by atoms with van der Waals surface area (Å²) >= 11 is 5.05. The predicted octanol–water partition coefficient (Wildman–Crippen LogP) is 5.36. The lowest BCUT2D eigenvalue weighted by molar-refractivity contribution is -0.128. The van der Waals surface area contributed by atoms with Gasteiger partial charge in [0, 0.05) is 22.0 Å². The van der Waals surface area contributed by atoms with Gasteiger partial charge in [-0.2, -0.15) is 0 Å². The first-order valence-corrected chi connectivity index (χ1v) is 8.90. The second-order valence-corrected chi connectivity index (χ2v) is 7.17. The Labute approximate surface area is 139 Å². The number of hydrogen-bond donors (Lipinski definition) is 1. The summed E-state index contributed by atoms with van der Waals surface area (Å²) in [6.45, 7) is 4.46. The second kappa shape index (κ2) is 7.87. The topological polar surface area (TPSA) is 29.1 Å². The first kappa shape index (κ1) is 17.1. The van der Waals surface area contributed by atoms with E-state index >= 15 is 0 Å². The predicted molar refractivity (Wildman–Crippen MR) is 97.4 cm³/mol. The lowest BCUT2D eigenvalue weighted by atomic mass is 9.69. The summed E-state index contributed by atoms with van der Waals surface area (Å²) in [4.78, 5) is 13.0. The summed E-state index contributed by atoms with van der Waals surface area (Å²) in [5.41, 5.74) is 1.58. The van der Waals surface area contributed by atoms with Crippen LogP contribution in [0.1, 0.15) is 64.4 Å². The van der Waals surface area contributed by atoms with E-state index in [1.165, 1.54) is 19.3 Å². The van der Waals surface area contributed by atoms with Gasteiger partial charge in [-0.05, 0) is 37.7 Å². The van der Waals surface area contributed by atoms with Crippen LogP contribution < -0.4 is 5.32 Å². The minimum Gasteiger partial charge on any atom is -0.325 e. The molecule has 0 radical (unpaired) electrons. The zero-order valence-corrected chi connectivity index (χ0v) is 14.5. The highest BCUT2D eigenvalue weighted by Crippen LogP contribution is 2.42. The van der Waals surface area contributed by atoms with Gasteiger partial charge in [0.25, 0.3) is 0 Å². The van der Waals surface area contributed by atoms with Crippen molar-refractivity contribution in [3.8, 4) is 0 Å². The number of thiocarbonyl (C=S) groups is 1. The number of rotatable bonds is 6. The molecule has 1 saturated carbocycles. The number of carbonyl (C=O) groups is 1. The van der Waals surface area contributed by atoms with Crippen molar-refractivity contribution in [3.63, 3.8) is 0 Å². The minimum atomic E-state index is -0.183. The fourth-order valence-corrected chi connectivity index (χ4v) is 3.56. The monoisotopic (exact) mass is 317 g/mol. The van der Waals surface area contributed by atoms with Crippen molar-refractivity contribution in [3.05, 3.63) is 29.8 Å². The fourth-order valence-electron chi connectivity index (χ4n) is 3.35. The normalized spacial score (nSPS) is 17.2. The molecular formula is C19H27NOS. The third kappa shape index (κ3) is 4.16. The summed E-state index contributed by atoms with van der Waals surface area (Å²) in [5.74, 6) is 0.831. The van der Waals surface area contributed by atoms with Crippen LogP contribution in [-0.2, 0) is 4.79 Å². The number of carbonyl (C=O) groups excluding carboxylic acids is 1. The summed E-state index contributed by atoms with van der Waals surface area (Å²) in [5, 5.41) is 4.80. The second-order valence-electron chi connectivity index (χ2n) is 6.93. The highest BCUT2D eigenvalue weighted by atomic mass is 32.1. The van der Waals surface area contributed by atoms with Crippen LogP contribution in [0.4, 0.5) is 5.69 Å². The Morgan fingerprint density at radius 3 is 2.59 bits per heavy atom. The molecule has 2 rings (SSSR count). The third-order valence-electron chi connectivity index (χ3n) is 4.83. The maximum atomic E-state index is 13.0. The van der Waals surface area contributed by atoms with E-state index in [2.05, 4.69) is 19.2 Å². The molecule has 0 bridgehead atoms. The van der Waals surface area contributed by atoms with E-state index in [0.29, 0.717) is 5.92 Å². The molecule has 0 aromatic heterocycles. The maximum absolute atomic E-state index is 13.0. The summed E-state index contributed by atoms with van der Waals surface area (Å²) in [6, 6.07) is 7.78. The van der Waals surface area contributed by atoms with Gasteiger partial charge in [-0.3, -0.25) is 4.79 Å². The average molecular weight is 317 g/mol. The quantitative estimate of drug-likeness (QED) is 0.716. The van der Waals surface area contributed by atoms with Crippen LogP contribution in [0.2, 0.25) is 0 Å². The Kier molecular flexibility index (Phi) is 6.13. The Bertz CT molecular complexity index is 518. The molecule has 1 fully saturated rings. The number of benzene rings is 1. The molecule has 0 aliphatic heterocycles. The van der Waals surface area contributed by atoms with Gasteiger partial charge in [0.05, 0.1) is 0 Å². The smallest absolute Gasteiger partial charge is 0.230 e. The van der Waals surface area contributed by atoms with Gasteiger partial charge in [-0.1, -0.05) is 63.5 Å². The molecule has 1 aromatic rings. The number of nitrogens with one attached hydrogen (secondary N) is 1. The average Bonchev–Trinajstić information content (AvgIpc) is 2.54.